The Morgan fingerprint density at radius 1 is 1.00 bits per heavy atom. The summed E-state index contributed by atoms with van der Waals surface area (Å²) < 4.78 is 4.02. The monoisotopic (exact) mass is 317 g/mol. The van der Waals surface area contributed by atoms with Gasteiger partial charge in [-0.3, -0.25) is 4.90 Å². The van der Waals surface area contributed by atoms with Crippen molar-refractivity contribution in [2.75, 3.05) is 18.8 Å². The Hall–Kier alpha value is -1.37. The van der Waals surface area contributed by atoms with Crippen LogP contribution in [-0.4, -0.2) is 39.7 Å². The predicted molar refractivity (Wildman–Crippen MR) is 87.4 cm³/mol. The van der Waals surface area contributed by atoms with Crippen LogP contribution in [0, 0.1) is 0 Å². The highest BCUT2D eigenvalue weighted by Gasteiger charge is 2.45. The van der Waals surface area contributed by atoms with Crippen molar-refractivity contribution in [1.29, 1.82) is 0 Å². The van der Waals surface area contributed by atoms with E-state index < -0.39 is 5.60 Å². The lowest BCUT2D eigenvalue weighted by Gasteiger charge is -2.50. The first-order valence-electron chi connectivity index (χ1n) is 7.21. The van der Waals surface area contributed by atoms with Crippen LogP contribution in [0.4, 0.5) is 0 Å². The molecule has 0 aliphatic carbocycles. The number of rotatable bonds is 6. The van der Waals surface area contributed by atoms with E-state index >= 15 is 0 Å². The van der Waals surface area contributed by atoms with Gasteiger partial charge in [0.15, 0.2) is 0 Å². The van der Waals surface area contributed by atoms with Gasteiger partial charge in [0.1, 0.15) is 5.60 Å². The normalized spacial score (nSPS) is 17.4. The second-order valence-corrected chi connectivity index (χ2v) is 6.36. The Bertz CT molecular complexity index is 548. The Balaban J connectivity index is 1.80. The Morgan fingerprint density at radius 2 is 1.50 bits per heavy atom. The Morgan fingerprint density at radius 3 is 1.95 bits per heavy atom. The van der Waals surface area contributed by atoms with Gasteiger partial charge in [0.05, 0.1) is 11.8 Å². The summed E-state index contributed by atoms with van der Waals surface area (Å²) in [7, 11) is 0. The largest absolute Gasteiger partial charge is 0.386 e. The second kappa shape index (κ2) is 6.81. The summed E-state index contributed by atoms with van der Waals surface area (Å²) in [6, 6.07) is 20.7. The molecule has 0 bridgehead atoms. The second-order valence-electron chi connectivity index (χ2n) is 5.69. The minimum Gasteiger partial charge on any atom is -0.386 e. The molecule has 1 heterocycles. The molecule has 2 N–H and O–H groups in total. The van der Waals surface area contributed by atoms with E-state index in [1.54, 1.807) is 0 Å². The molecular weight excluding hydrogens is 298 g/mol. The molecule has 2 aromatic rings. The first-order chi connectivity index (χ1) is 10.7. The fourth-order valence-corrected chi connectivity index (χ4v) is 3.46. The number of aliphatic hydroxyl groups is 1. The van der Waals surface area contributed by atoms with Gasteiger partial charge in [0, 0.05) is 25.1 Å². The zero-order valence-corrected chi connectivity index (χ0v) is 12.9. The van der Waals surface area contributed by atoms with Crippen LogP contribution in [-0.2, 0) is 4.33 Å². The molecule has 5 heteroatoms. The molecule has 0 aromatic heterocycles. The molecule has 1 saturated heterocycles. The quantitative estimate of drug-likeness (QED) is 0.487. The molecule has 4 nitrogen and oxygen atoms in total. The zero-order chi connectivity index (χ0) is 15.4. The number of nitrogens with zero attached hydrogens (tertiary/aromatic N) is 1. The van der Waals surface area contributed by atoms with Gasteiger partial charge in [0.25, 0.3) is 0 Å². The van der Waals surface area contributed by atoms with E-state index in [1.165, 1.54) is 11.1 Å². The van der Waals surface area contributed by atoms with Crippen molar-refractivity contribution in [2.45, 2.75) is 11.6 Å². The summed E-state index contributed by atoms with van der Waals surface area (Å²) in [4.78, 5) is 2.24. The fraction of sp³-hybridized carbons (Fsp3) is 0.294. The van der Waals surface area contributed by atoms with E-state index in [0.29, 0.717) is 18.8 Å². The van der Waals surface area contributed by atoms with Crippen LogP contribution >= 0.6 is 12.0 Å². The number of benzene rings is 2. The fourth-order valence-electron chi connectivity index (χ4n) is 3.00. The van der Waals surface area contributed by atoms with Gasteiger partial charge < -0.3 is 5.11 Å². The molecule has 116 valence electrons. The number of hydrogen-bond acceptors (Lipinski definition) is 5. The molecule has 0 saturated carbocycles. The Kier molecular flexibility index (Phi) is 4.81. The summed E-state index contributed by atoms with van der Waals surface area (Å²) in [5.74, 6) is 0.357. The number of β-amino-alcohol motifs (C(OH)–C–C–N with tert-alkyl or cyclic N) is 1. The molecule has 0 amide bonds. The molecule has 1 fully saturated rings. The van der Waals surface area contributed by atoms with Crippen LogP contribution in [0.3, 0.4) is 0 Å². The standard InChI is InChI=1S/C17H19NO3S/c19-17(13-22-21-20)11-18(12-17)16(14-7-3-1-4-8-14)15-9-5-2-6-10-15/h1-10,16,19-20H,11-13H2. The molecule has 2 aromatic carbocycles. The zero-order valence-electron chi connectivity index (χ0n) is 12.1. The highest BCUT2D eigenvalue weighted by Crippen LogP contribution is 2.37. The molecule has 1 aliphatic rings. The molecule has 1 aliphatic heterocycles. The number of likely N-dealkylation sites (tertiary alicyclic amines) is 1. The highest BCUT2D eigenvalue weighted by molar-refractivity contribution is 7.94. The van der Waals surface area contributed by atoms with E-state index in [4.69, 9.17) is 5.26 Å². The SMILES string of the molecule is OOSCC1(O)CN(C(c2ccccc2)c2ccccc2)C1. The van der Waals surface area contributed by atoms with E-state index in [1.807, 2.05) is 36.4 Å². The van der Waals surface area contributed by atoms with Crippen molar-refractivity contribution in [3.63, 3.8) is 0 Å². The third kappa shape index (κ3) is 3.34. The van der Waals surface area contributed by atoms with Crippen LogP contribution in [0.5, 0.6) is 0 Å². The summed E-state index contributed by atoms with van der Waals surface area (Å²) in [6.07, 6.45) is 0. The molecule has 22 heavy (non-hydrogen) atoms. The van der Waals surface area contributed by atoms with Gasteiger partial charge in [-0.1, -0.05) is 60.7 Å². The van der Waals surface area contributed by atoms with Gasteiger partial charge in [0.2, 0.25) is 0 Å². The molecule has 0 spiro atoms. The molecule has 0 unspecified atom stereocenters. The van der Waals surface area contributed by atoms with Crippen LogP contribution in [0.2, 0.25) is 0 Å². The smallest absolute Gasteiger partial charge is 0.101 e. The molecule has 0 atom stereocenters. The molecule has 3 rings (SSSR count). The van der Waals surface area contributed by atoms with Crippen LogP contribution in [0.15, 0.2) is 60.7 Å². The first-order valence-corrected chi connectivity index (χ1v) is 8.12. The number of hydrogen-bond donors (Lipinski definition) is 2. The van der Waals surface area contributed by atoms with E-state index in [2.05, 4.69) is 33.5 Å². The lowest BCUT2D eigenvalue weighted by molar-refractivity contribution is -0.123. The lowest BCUT2D eigenvalue weighted by Crippen LogP contribution is -2.64. The topological polar surface area (TPSA) is 52.9 Å². The highest BCUT2D eigenvalue weighted by atomic mass is 32.2. The van der Waals surface area contributed by atoms with E-state index in [0.717, 1.165) is 12.0 Å². The van der Waals surface area contributed by atoms with Crippen LogP contribution in [0.1, 0.15) is 17.2 Å². The molecular formula is C17H19NO3S. The van der Waals surface area contributed by atoms with Crippen molar-refractivity contribution in [3.8, 4) is 0 Å². The predicted octanol–water partition coefficient (Wildman–Crippen LogP) is 2.96. The summed E-state index contributed by atoms with van der Waals surface area (Å²) in [5.41, 5.74) is 1.61. The molecule has 0 radical (unpaired) electrons. The maximum absolute atomic E-state index is 10.4. The van der Waals surface area contributed by atoms with Crippen molar-refractivity contribution < 1.29 is 14.7 Å². The average Bonchev–Trinajstić information content (AvgIpc) is 2.54. The van der Waals surface area contributed by atoms with Crippen molar-refractivity contribution >= 4 is 12.0 Å². The summed E-state index contributed by atoms with van der Waals surface area (Å²) in [6.45, 7) is 1.11. The van der Waals surface area contributed by atoms with Crippen molar-refractivity contribution in [3.05, 3.63) is 71.8 Å². The first kappa shape index (κ1) is 15.5. The van der Waals surface area contributed by atoms with Gasteiger partial charge in [-0.15, -0.1) is 0 Å². The summed E-state index contributed by atoms with van der Waals surface area (Å²) in [5, 5.41) is 18.8. The van der Waals surface area contributed by atoms with E-state index in [-0.39, 0.29) is 6.04 Å². The lowest BCUT2D eigenvalue weighted by atomic mass is 9.88. The summed E-state index contributed by atoms with van der Waals surface area (Å²) >= 11 is 0.875. The van der Waals surface area contributed by atoms with Gasteiger partial charge in [-0.25, -0.2) is 5.26 Å². The van der Waals surface area contributed by atoms with E-state index in [9.17, 15) is 5.11 Å². The van der Waals surface area contributed by atoms with Crippen LogP contribution in [0.25, 0.3) is 0 Å². The average molecular weight is 317 g/mol. The van der Waals surface area contributed by atoms with Crippen LogP contribution < -0.4 is 0 Å². The van der Waals surface area contributed by atoms with Gasteiger partial charge >= 0.3 is 0 Å². The van der Waals surface area contributed by atoms with Crippen molar-refractivity contribution in [2.24, 2.45) is 0 Å². The third-order valence-electron chi connectivity index (χ3n) is 3.97. The van der Waals surface area contributed by atoms with Gasteiger partial charge in [-0.2, -0.15) is 4.33 Å². The third-order valence-corrected chi connectivity index (χ3v) is 4.73. The van der Waals surface area contributed by atoms with Gasteiger partial charge in [-0.05, 0) is 11.1 Å². The maximum atomic E-state index is 10.4. The maximum Gasteiger partial charge on any atom is 0.101 e. The van der Waals surface area contributed by atoms with Crippen molar-refractivity contribution in [1.82, 2.24) is 4.90 Å². The Labute approximate surface area is 134 Å². The minimum absolute atomic E-state index is 0.128. The minimum atomic E-state index is -0.810.